The Morgan fingerprint density at radius 3 is 2.56 bits per heavy atom. The molecule has 1 aromatic heterocycles. The molecule has 2 atom stereocenters. The van der Waals surface area contributed by atoms with Crippen LogP contribution in [0.1, 0.15) is 70.3 Å². The number of hydrogen-bond acceptors (Lipinski definition) is 4. The molecule has 8 rings (SSSR count). The molecule has 3 aromatic rings. The number of pyridine rings is 1. The average Bonchev–Trinajstić information content (AvgIpc) is 2.90. The van der Waals surface area contributed by atoms with Crippen molar-refractivity contribution in [2.45, 2.75) is 51.5 Å². The molecule has 6 heteroatoms. The van der Waals surface area contributed by atoms with E-state index < -0.39 is 11.9 Å². The monoisotopic (exact) mass is 484 g/mol. The molecule has 2 aromatic carbocycles. The number of nitrogens with zero attached hydrogens (tertiary/aromatic N) is 2. The van der Waals surface area contributed by atoms with Gasteiger partial charge in [-0.25, -0.2) is 4.98 Å². The topological polar surface area (TPSA) is 79.7 Å². The molecule has 0 aliphatic carbocycles. The minimum Gasteiger partial charge on any atom is -0.481 e. The molecule has 36 heavy (non-hydrogen) atoms. The summed E-state index contributed by atoms with van der Waals surface area (Å²) >= 11 is 0. The first-order valence-electron chi connectivity index (χ1n) is 12.8. The number of carboxylic acid groups (broad SMARTS) is 1. The van der Waals surface area contributed by atoms with E-state index in [9.17, 15) is 14.7 Å². The largest absolute Gasteiger partial charge is 0.481 e. The molecule has 1 amide bonds. The van der Waals surface area contributed by atoms with Gasteiger partial charge in [0.15, 0.2) is 0 Å². The fourth-order valence-electron chi connectivity index (χ4n) is 5.30. The standard InChI is InChI=1S/C30H32N2O4/c1-20(30(34)35)28-24-11-10-22-14-15-32(19-26(22)17-24)29(33)23-8-6-21(7-9-23)5-3-2-4-16-36-27-13-12-25(28)18-31-27/h6-13,17-18,20,28H,2-5,14-16,19H2,1H3,(H,34,35)/t20-,28+/m1/s1. The summed E-state index contributed by atoms with van der Waals surface area (Å²) in [5.74, 6) is -1.26. The van der Waals surface area contributed by atoms with Gasteiger partial charge in [-0.05, 0) is 72.1 Å². The fourth-order valence-corrected chi connectivity index (χ4v) is 5.30. The molecule has 0 saturated carbocycles. The Morgan fingerprint density at radius 1 is 1.00 bits per heavy atom. The summed E-state index contributed by atoms with van der Waals surface area (Å²) in [7, 11) is 0. The first kappa shape index (κ1) is 24.0. The van der Waals surface area contributed by atoms with Crippen molar-refractivity contribution in [1.29, 1.82) is 0 Å². The van der Waals surface area contributed by atoms with Gasteiger partial charge in [0.2, 0.25) is 5.88 Å². The predicted molar refractivity (Wildman–Crippen MR) is 137 cm³/mol. The Balaban J connectivity index is 1.52. The van der Waals surface area contributed by atoms with Crippen LogP contribution in [-0.4, -0.2) is 40.0 Å². The highest BCUT2D eigenvalue weighted by Crippen LogP contribution is 2.35. The summed E-state index contributed by atoms with van der Waals surface area (Å²) in [5.41, 5.74) is 5.99. The average molecular weight is 485 g/mol. The van der Waals surface area contributed by atoms with Gasteiger partial charge >= 0.3 is 5.97 Å². The second kappa shape index (κ2) is 10.5. The van der Waals surface area contributed by atoms with Crippen molar-refractivity contribution >= 4 is 11.9 Å². The fraction of sp³-hybridized carbons (Fsp3) is 0.367. The first-order chi connectivity index (χ1) is 17.5. The zero-order valence-corrected chi connectivity index (χ0v) is 20.7. The molecular weight excluding hydrogens is 452 g/mol. The molecule has 0 spiro atoms. The zero-order chi connectivity index (χ0) is 25.1. The van der Waals surface area contributed by atoms with Crippen LogP contribution in [0.25, 0.3) is 0 Å². The van der Waals surface area contributed by atoms with E-state index in [1.807, 2.05) is 35.2 Å². The zero-order valence-electron chi connectivity index (χ0n) is 20.7. The van der Waals surface area contributed by atoms with Gasteiger partial charge in [0.05, 0.1) is 12.5 Å². The minimum atomic E-state index is -0.858. The number of carbonyl (C=O) groups excluding carboxylic acids is 1. The summed E-state index contributed by atoms with van der Waals surface area (Å²) in [6.45, 7) is 3.52. The van der Waals surface area contributed by atoms with Crippen LogP contribution >= 0.6 is 0 Å². The Morgan fingerprint density at radius 2 is 1.81 bits per heavy atom. The van der Waals surface area contributed by atoms with Crippen LogP contribution in [-0.2, 0) is 24.2 Å². The van der Waals surface area contributed by atoms with Crippen LogP contribution in [0.3, 0.4) is 0 Å². The van der Waals surface area contributed by atoms with E-state index in [0.29, 0.717) is 31.1 Å². The van der Waals surface area contributed by atoms with Crippen molar-refractivity contribution in [3.63, 3.8) is 0 Å². The molecular formula is C30H32N2O4. The van der Waals surface area contributed by atoms with Gasteiger partial charge in [-0.1, -0.05) is 43.3 Å². The first-order valence-corrected chi connectivity index (χ1v) is 12.8. The van der Waals surface area contributed by atoms with Crippen LogP contribution in [0.5, 0.6) is 5.88 Å². The summed E-state index contributed by atoms with van der Waals surface area (Å²) in [6, 6.07) is 17.9. The van der Waals surface area contributed by atoms with Crippen molar-refractivity contribution in [2.24, 2.45) is 5.92 Å². The molecule has 0 unspecified atom stereocenters. The van der Waals surface area contributed by atoms with Crippen LogP contribution < -0.4 is 4.74 Å². The molecule has 6 nitrogen and oxygen atoms in total. The van der Waals surface area contributed by atoms with Gasteiger partial charge < -0.3 is 14.7 Å². The number of aromatic nitrogens is 1. The Kier molecular flexibility index (Phi) is 7.03. The second-order valence-corrected chi connectivity index (χ2v) is 9.90. The van der Waals surface area contributed by atoms with Gasteiger partial charge in [0.1, 0.15) is 0 Å². The third-order valence-electron chi connectivity index (χ3n) is 7.46. The van der Waals surface area contributed by atoms with E-state index in [0.717, 1.165) is 48.8 Å². The van der Waals surface area contributed by atoms with Crippen LogP contribution in [0, 0.1) is 5.92 Å². The maximum atomic E-state index is 13.3. The molecule has 7 bridgehead atoms. The molecule has 5 aliphatic heterocycles. The van der Waals surface area contributed by atoms with Gasteiger partial charge in [-0.15, -0.1) is 0 Å². The van der Waals surface area contributed by atoms with Crippen LogP contribution in [0.2, 0.25) is 0 Å². The smallest absolute Gasteiger partial charge is 0.307 e. The van der Waals surface area contributed by atoms with Crippen molar-refractivity contribution in [3.8, 4) is 5.88 Å². The Bertz CT molecular complexity index is 1240. The third kappa shape index (κ3) is 5.13. The number of benzene rings is 2. The van der Waals surface area contributed by atoms with Crippen LogP contribution in [0.4, 0.5) is 0 Å². The molecule has 0 fully saturated rings. The maximum absolute atomic E-state index is 13.3. The number of carboxylic acids is 1. The molecule has 6 heterocycles. The molecule has 186 valence electrons. The van der Waals surface area contributed by atoms with Crippen molar-refractivity contribution in [3.05, 3.63) is 94.2 Å². The van der Waals surface area contributed by atoms with Crippen molar-refractivity contribution < 1.29 is 19.4 Å². The Hall–Kier alpha value is -3.67. The third-order valence-corrected chi connectivity index (χ3v) is 7.46. The summed E-state index contributed by atoms with van der Waals surface area (Å²) in [6.07, 6.45) is 6.53. The number of rotatable bonds is 2. The normalized spacial score (nSPS) is 19.0. The molecule has 1 N–H and O–H groups in total. The van der Waals surface area contributed by atoms with Gasteiger partial charge in [0, 0.05) is 36.8 Å². The van der Waals surface area contributed by atoms with Crippen LogP contribution in [0.15, 0.2) is 60.8 Å². The number of aryl methyl sites for hydroxylation is 1. The highest BCUT2D eigenvalue weighted by Gasteiger charge is 2.29. The highest BCUT2D eigenvalue weighted by atomic mass is 16.5. The van der Waals surface area contributed by atoms with E-state index in [4.69, 9.17) is 4.74 Å². The predicted octanol–water partition coefficient (Wildman–Crippen LogP) is 5.24. The van der Waals surface area contributed by atoms with E-state index in [2.05, 4.69) is 29.2 Å². The summed E-state index contributed by atoms with van der Waals surface area (Å²) in [4.78, 5) is 31.7. The van der Waals surface area contributed by atoms with Gasteiger partial charge in [-0.2, -0.15) is 0 Å². The summed E-state index contributed by atoms with van der Waals surface area (Å²) in [5, 5.41) is 9.88. The number of aliphatic carboxylic acids is 1. The summed E-state index contributed by atoms with van der Waals surface area (Å²) < 4.78 is 5.84. The highest BCUT2D eigenvalue weighted by molar-refractivity contribution is 5.94. The number of ether oxygens (including phenoxy) is 1. The van der Waals surface area contributed by atoms with Gasteiger partial charge in [-0.3, -0.25) is 9.59 Å². The lowest BCUT2D eigenvalue weighted by molar-refractivity contribution is -0.141. The van der Waals surface area contributed by atoms with Crippen molar-refractivity contribution in [2.75, 3.05) is 13.2 Å². The second-order valence-electron chi connectivity index (χ2n) is 9.90. The maximum Gasteiger partial charge on any atom is 0.307 e. The molecule has 5 aliphatic rings. The number of hydrogen-bond donors (Lipinski definition) is 1. The molecule has 0 saturated heterocycles. The lowest BCUT2D eigenvalue weighted by Gasteiger charge is -2.30. The SMILES string of the molecule is C[C@@H](C(=O)O)[C@@H]1c2ccc(nc2)OCCCCCc2ccc(cc2)C(=O)N2CCc3ccc1cc3C2. The van der Waals surface area contributed by atoms with E-state index in [1.54, 1.807) is 13.1 Å². The van der Waals surface area contributed by atoms with Crippen molar-refractivity contribution in [1.82, 2.24) is 9.88 Å². The quantitative estimate of drug-likeness (QED) is 0.538. The van der Waals surface area contributed by atoms with E-state index >= 15 is 0 Å². The number of carbonyl (C=O) groups is 2. The lowest BCUT2D eigenvalue weighted by atomic mass is 9.80. The molecule has 0 radical (unpaired) electrons. The van der Waals surface area contributed by atoms with E-state index in [-0.39, 0.29) is 11.8 Å². The minimum absolute atomic E-state index is 0.0379. The number of amides is 1. The van der Waals surface area contributed by atoms with E-state index in [1.165, 1.54) is 11.1 Å². The lowest BCUT2D eigenvalue weighted by Crippen LogP contribution is -2.36. The Labute approximate surface area is 211 Å². The van der Waals surface area contributed by atoms with Gasteiger partial charge in [0.25, 0.3) is 5.91 Å².